The first-order valence-electron chi connectivity index (χ1n) is 8.32. The lowest BCUT2D eigenvalue weighted by Crippen LogP contribution is -2.46. The van der Waals surface area contributed by atoms with E-state index in [0.717, 1.165) is 32.4 Å². The quantitative estimate of drug-likeness (QED) is 0.819. The third-order valence-corrected chi connectivity index (χ3v) is 4.97. The molecule has 1 N–H and O–H groups in total. The third-order valence-electron chi connectivity index (χ3n) is 4.97. The zero-order valence-electron chi connectivity index (χ0n) is 13.7. The second-order valence-corrected chi connectivity index (χ2v) is 7.75. The average molecular weight is 295 g/mol. The molecular weight excluding hydrogens is 266 g/mol. The lowest BCUT2D eigenvalue weighted by atomic mass is 9.78. The number of carbonyl (C=O) groups excluding carboxylic acids is 1. The normalized spacial score (nSPS) is 31.1. The van der Waals surface area contributed by atoms with Crippen molar-refractivity contribution in [2.75, 3.05) is 13.1 Å². The number of hydrogen-bond donors (Lipinski definition) is 1. The molecule has 1 amide bonds. The van der Waals surface area contributed by atoms with Crippen LogP contribution in [-0.4, -0.2) is 35.0 Å². The van der Waals surface area contributed by atoms with Crippen molar-refractivity contribution in [1.29, 1.82) is 0 Å². The van der Waals surface area contributed by atoms with Crippen molar-refractivity contribution in [3.8, 4) is 0 Å². The van der Waals surface area contributed by atoms with Gasteiger partial charge in [-0.25, -0.2) is 0 Å². The Morgan fingerprint density at radius 2 is 1.48 bits per heavy atom. The first kappa shape index (κ1) is 16.3. The number of hydrogen-bond acceptors (Lipinski definition) is 2. The minimum absolute atomic E-state index is 0.0944. The van der Waals surface area contributed by atoms with Gasteiger partial charge in [0.15, 0.2) is 0 Å². The van der Waals surface area contributed by atoms with Crippen LogP contribution in [0.1, 0.15) is 47.0 Å². The van der Waals surface area contributed by atoms with Gasteiger partial charge < -0.3 is 10.0 Å². The summed E-state index contributed by atoms with van der Waals surface area (Å²) in [4.78, 5) is 26.5. The molecule has 120 valence electrons. The summed E-state index contributed by atoms with van der Waals surface area (Å²) >= 11 is 0. The summed E-state index contributed by atoms with van der Waals surface area (Å²) in [5.41, 5.74) is 0. The first-order valence-corrected chi connectivity index (χ1v) is 8.32. The van der Waals surface area contributed by atoms with Gasteiger partial charge in [0.2, 0.25) is 5.91 Å². The Kier molecular flexibility index (Phi) is 4.95. The fourth-order valence-corrected chi connectivity index (χ4v) is 4.35. The van der Waals surface area contributed by atoms with Gasteiger partial charge in [-0.05, 0) is 42.9 Å². The Hall–Kier alpha value is -1.06. The zero-order valence-corrected chi connectivity index (χ0v) is 13.7. The molecule has 0 aromatic heterocycles. The molecule has 2 aliphatic rings. The van der Waals surface area contributed by atoms with E-state index in [9.17, 15) is 14.7 Å². The SMILES string of the molecule is CC(C)CN(CC(C)C)C(=O)C1C2CCC(C2)C1C(=O)O. The van der Waals surface area contributed by atoms with Gasteiger partial charge in [0.25, 0.3) is 0 Å². The van der Waals surface area contributed by atoms with Crippen LogP contribution in [0.25, 0.3) is 0 Å². The molecule has 0 aromatic carbocycles. The van der Waals surface area contributed by atoms with Gasteiger partial charge in [-0.15, -0.1) is 0 Å². The fraction of sp³-hybridized carbons (Fsp3) is 0.882. The summed E-state index contributed by atoms with van der Waals surface area (Å²) in [6, 6.07) is 0. The van der Waals surface area contributed by atoms with E-state index < -0.39 is 11.9 Å². The van der Waals surface area contributed by atoms with Crippen LogP contribution in [0.4, 0.5) is 0 Å². The van der Waals surface area contributed by atoms with Gasteiger partial charge in [0.1, 0.15) is 0 Å². The highest BCUT2D eigenvalue weighted by molar-refractivity contribution is 5.86. The van der Waals surface area contributed by atoms with Gasteiger partial charge >= 0.3 is 5.97 Å². The standard InChI is InChI=1S/C17H29NO3/c1-10(2)8-18(9-11(3)4)16(19)14-12-5-6-13(7-12)15(14)17(20)21/h10-15H,5-9H2,1-4H3,(H,20,21). The molecule has 2 bridgehead atoms. The molecule has 0 spiro atoms. The van der Waals surface area contributed by atoms with Gasteiger partial charge in [0, 0.05) is 13.1 Å². The molecule has 0 heterocycles. The number of aliphatic carboxylic acids is 1. The van der Waals surface area contributed by atoms with Gasteiger partial charge in [0.05, 0.1) is 11.8 Å². The van der Waals surface area contributed by atoms with Crippen molar-refractivity contribution in [1.82, 2.24) is 4.90 Å². The maximum atomic E-state index is 13.0. The van der Waals surface area contributed by atoms with Crippen LogP contribution in [0.3, 0.4) is 0 Å². The summed E-state index contributed by atoms with van der Waals surface area (Å²) in [7, 11) is 0. The van der Waals surface area contributed by atoms with Crippen LogP contribution in [0.15, 0.2) is 0 Å². The molecule has 0 saturated heterocycles. The third kappa shape index (κ3) is 3.41. The van der Waals surface area contributed by atoms with Crippen molar-refractivity contribution in [3.63, 3.8) is 0 Å². The Bertz CT molecular complexity index is 395. The molecule has 21 heavy (non-hydrogen) atoms. The van der Waals surface area contributed by atoms with Crippen molar-refractivity contribution in [3.05, 3.63) is 0 Å². The highest BCUT2D eigenvalue weighted by atomic mass is 16.4. The highest BCUT2D eigenvalue weighted by Gasteiger charge is 2.54. The molecule has 0 radical (unpaired) electrons. The number of amides is 1. The van der Waals surface area contributed by atoms with Crippen LogP contribution in [0.2, 0.25) is 0 Å². The zero-order chi connectivity index (χ0) is 15.7. The molecule has 0 aliphatic heterocycles. The van der Waals surface area contributed by atoms with Crippen LogP contribution < -0.4 is 0 Å². The van der Waals surface area contributed by atoms with E-state index in [2.05, 4.69) is 27.7 Å². The monoisotopic (exact) mass is 295 g/mol. The molecule has 2 saturated carbocycles. The van der Waals surface area contributed by atoms with Crippen LogP contribution in [0.5, 0.6) is 0 Å². The molecule has 4 nitrogen and oxygen atoms in total. The van der Waals surface area contributed by atoms with E-state index in [4.69, 9.17) is 0 Å². The van der Waals surface area contributed by atoms with Crippen molar-refractivity contribution >= 4 is 11.9 Å². The lowest BCUT2D eigenvalue weighted by Gasteiger charge is -2.34. The Labute approximate surface area is 127 Å². The summed E-state index contributed by atoms with van der Waals surface area (Å²) in [5, 5.41) is 9.53. The molecule has 4 atom stereocenters. The molecule has 4 unspecified atom stereocenters. The number of rotatable bonds is 6. The second kappa shape index (κ2) is 6.37. The van der Waals surface area contributed by atoms with Crippen molar-refractivity contribution in [2.24, 2.45) is 35.5 Å². The summed E-state index contributed by atoms with van der Waals surface area (Å²) in [6.07, 6.45) is 2.95. The minimum atomic E-state index is -0.769. The van der Waals surface area contributed by atoms with E-state index in [-0.39, 0.29) is 17.7 Å². The molecule has 0 aromatic rings. The van der Waals surface area contributed by atoms with E-state index in [1.807, 2.05) is 4.90 Å². The van der Waals surface area contributed by atoms with Crippen LogP contribution in [-0.2, 0) is 9.59 Å². The summed E-state index contributed by atoms with van der Waals surface area (Å²) in [6.45, 7) is 9.90. The van der Waals surface area contributed by atoms with Gasteiger partial charge in [-0.3, -0.25) is 9.59 Å². The summed E-state index contributed by atoms with van der Waals surface area (Å²) in [5.74, 6) is -0.0561. The number of carbonyl (C=O) groups is 2. The fourth-order valence-electron chi connectivity index (χ4n) is 4.35. The largest absolute Gasteiger partial charge is 0.481 e. The number of fused-ring (bicyclic) bond motifs is 2. The molecule has 2 aliphatic carbocycles. The van der Waals surface area contributed by atoms with Crippen LogP contribution >= 0.6 is 0 Å². The number of nitrogens with zero attached hydrogens (tertiary/aromatic N) is 1. The highest BCUT2D eigenvalue weighted by Crippen LogP contribution is 2.53. The number of carboxylic acid groups (broad SMARTS) is 1. The van der Waals surface area contributed by atoms with E-state index in [1.165, 1.54) is 0 Å². The topological polar surface area (TPSA) is 57.6 Å². The molecule has 2 rings (SSSR count). The van der Waals surface area contributed by atoms with Crippen molar-refractivity contribution < 1.29 is 14.7 Å². The van der Waals surface area contributed by atoms with E-state index >= 15 is 0 Å². The predicted molar refractivity (Wildman–Crippen MR) is 81.7 cm³/mol. The average Bonchev–Trinajstić information content (AvgIpc) is 2.95. The van der Waals surface area contributed by atoms with E-state index in [1.54, 1.807) is 0 Å². The Balaban J connectivity index is 2.16. The second-order valence-electron chi connectivity index (χ2n) is 7.75. The first-order chi connectivity index (χ1) is 9.81. The maximum Gasteiger partial charge on any atom is 0.307 e. The molecular formula is C17H29NO3. The predicted octanol–water partition coefficient (Wildman–Crippen LogP) is 2.87. The summed E-state index contributed by atoms with van der Waals surface area (Å²) < 4.78 is 0. The smallest absolute Gasteiger partial charge is 0.307 e. The van der Waals surface area contributed by atoms with Crippen LogP contribution in [0, 0.1) is 35.5 Å². The van der Waals surface area contributed by atoms with Crippen molar-refractivity contribution in [2.45, 2.75) is 47.0 Å². The molecule has 4 heteroatoms. The maximum absolute atomic E-state index is 13.0. The number of carboxylic acids is 1. The van der Waals surface area contributed by atoms with E-state index in [0.29, 0.717) is 17.8 Å². The Morgan fingerprint density at radius 3 is 1.90 bits per heavy atom. The minimum Gasteiger partial charge on any atom is -0.481 e. The molecule has 2 fully saturated rings. The van der Waals surface area contributed by atoms with Gasteiger partial charge in [-0.2, -0.15) is 0 Å². The van der Waals surface area contributed by atoms with Gasteiger partial charge in [-0.1, -0.05) is 27.7 Å². The Morgan fingerprint density at radius 1 is 1.00 bits per heavy atom. The lowest BCUT2D eigenvalue weighted by molar-refractivity contribution is -0.153.